The summed E-state index contributed by atoms with van der Waals surface area (Å²) < 4.78 is 38.1. The van der Waals surface area contributed by atoms with E-state index in [-0.39, 0.29) is 6.04 Å². The fraction of sp³-hybridized carbons (Fsp3) is 0.647. The van der Waals surface area contributed by atoms with Crippen LogP contribution in [-0.2, 0) is 6.18 Å². The number of rotatable bonds is 5. The summed E-state index contributed by atoms with van der Waals surface area (Å²) in [5, 5.41) is 0. The first-order valence-electron chi connectivity index (χ1n) is 8.26. The lowest BCUT2D eigenvalue weighted by molar-refractivity contribution is -0.137. The Hall–Kier alpha value is -1.11. The highest BCUT2D eigenvalue weighted by atomic mass is 19.4. The van der Waals surface area contributed by atoms with Gasteiger partial charge in [0, 0.05) is 38.3 Å². The van der Waals surface area contributed by atoms with E-state index >= 15 is 0 Å². The molecule has 1 fully saturated rings. The largest absolute Gasteiger partial charge is 0.416 e. The van der Waals surface area contributed by atoms with Crippen LogP contribution in [0.15, 0.2) is 24.3 Å². The summed E-state index contributed by atoms with van der Waals surface area (Å²) in [6.45, 7) is 8.56. The molecule has 0 radical (unpaired) electrons. The lowest BCUT2D eigenvalue weighted by Gasteiger charge is -2.44. The first-order chi connectivity index (χ1) is 10.9. The van der Waals surface area contributed by atoms with E-state index in [1.807, 2.05) is 0 Å². The summed E-state index contributed by atoms with van der Waals surface area (Å²) in [5.74, 6) is 0. The van der Waals surface area contributed by atoms with Gasteiger partial charge in [0.05, 0.1) is 5.56 Å². The normalized spacial score (nSPS) is 22.3. The van der Waals surface area contributed by atoms with Crippen LogP contribution in [0.1, 0.15) is 37.4 Å². The molecule has 6 heteroatoms. The fourth-order valence-electron chi connectivity index (χ4n) is 3.39. The lowest BCUT2D eigenvalue weighted by atomic mass is 10.0. The first-order valence-corrected chi connectivity index (χ1v) is 8.26. The maximum atomic E-state index is 12.7. The monoisotopic (exact) mass is 329 g/mol. The molecule has 2 unspecified atom stereocenters. The van der Waals surface area contributed by atoms with Crippen LogP contribution in [0.25, 0.3) is 0 Å². The Kier molecular flexibility index (Phi) is 6.06. The van der Waals surface area contributed by atoms with Gasteiger partial charge < -0.3 is 5.73 Å². The van der Waals surface area contributed by atoms with Crippen molar-refractivity contribution in [3.05, 3.63) is 35.4 Å². The van der Waals surface area contributed by atoms with Crippen LogP contribution in [0.3, 0.4) is 0 Å². The van der Waals surface area contributed by atoms with Gasteiger partial charge in [0.25, 0.3) is 0 Å². The fourth-order valence-corrected chi connectivity index (χ4v) is 3.39. The molecule has 0 spiro atoms. The van der Waals surface area contributed by atoms with Crippen molar-refractivity contribution in [1.82, 2.24) is 9.80 Å². The predicted molar refractivity (Wildman–Crippen MR) is 86.1 cm³/mol. The average molecular weight is 329 g/mol. The SMILES string of the molecule is CCC1CN(C(CN)c2ccc(C(F)(F)F)cc2)CCN1CC. The van der Waals surface area contributed by atoms with E-state index in [9.17, 15) is 13.2 Å². The number of hydrogen-bond acceptors (Lipinski definition) is 3. The number of hydrogen-bond donors (Lipinski definition) is 1. The molecular formula is C17H26F3N3. The van der Waals surface area contributed by atoms with Gasteiger partial charge in [-0.25, -0.2) is 0 Å². The summed E-state index contributed by atoms with van der Waals surface area (Å²) in [6, 6.07) is 5.89. The second-order valence-electron chi connectivity index (χ2n) is 6.06. The Morgan fingerprint density at radius 2 is 1.83 bits per heavy atom. The highest BCUT2D eigenvalue weighted by Gasteiger charge is 2.32. The van der Waals surface area contributed by atoms with Crippen molar-refractivity contribution in [2.24, 2.45) is 5.73 Å². The number of nitrogens with zero attached hydrogens (tertiary/aromatic N) is 2. The number of halogens is 3. The molecule has 0 saturated carbocycles. The Labute approximate surface area is 136 Å². The molecule has 1 aliphatic rings. The molecule has 0 bridgehead atoms. The second kappa shape index (κ2) is 7.64. The summed E-state index contributed by atoms with van der Waals surface area (Å²) in [7, 11) is 0. The molecule has 1 aromatic rings. The molecule has 0 amide bonds. The number of alkyl halides is 3. The molecule has 2 atom stereocenters. The van der Waals surface area contributed by atoms with E-state index in [4.69, 9.17) is 5.73 Å². The van der Waals surface area contributed by atoms with Gasteiger partial charge in [-0.3, -0.25) is 9.80 Å². The van der Waals surface area contributed by atoms with E-state index in [0.29, 0.717) is 12.6 Å². The maximum absolute atomic E-state index is 12.7. The molecule has 2 N–H and O–H groups in total. The summed E-state index contributed by atoms with van der Waals surface area (Å²) in [6.07, 6.45) is -3.23. The van der Waals surface area contributed by atoms with E-state index in [2.05, 4.69) is 23.6 Å². The van der Waals surface area contributed by atoms with Crippen molar-refractivity contribution in [1.29, 1.82) is 0 Å². The molecule has 2 rings (SSSR count). The van der Waals surface area contributed by atoms with Gasteiger partial charge in [0.2, 0.25) is 0 Å². The molecule has 0 aliphatic carbocycles. The van der Waals surface area contributed by atoms with E-state index in [1.54, 1.807) is 12.1 Å². The smallest absolute Gasteiger partial charge is 0.329 e. The van der Waals surface area contributed by atoms with Crippen molar-refractivity contribution in [2.75, 3.05) is 32.7 Å². The standard InChI is InChI=1S/C17H26F3N3/c1-3-15-12-23(10-9-22(15)4-2)16(11-21)13-5-7-14(8-6-13)17(18,19)20/h5-8,15-16H,3-4,9-12,21H2,1-2H3. The van der Waals surface area contributed by atoms with Gasteiger partial charge in [0.1, 0.15) is 0 Å². The number of piperazine rings is 1. The van der Waals surface area contributed by atoms with Crippen molar-refractivity contribution in [2.45, 2.75) is 38.5 Å². The summed E-state index contributed by atoms with van der Waals surface area (Å²) >= 11 is 0. The van der Waals surface area contributed by atoms with Crippen LogP contribution in [-0.4, -0.2) is 48.6 Å². The number of benzene rings is 1. The third-order valence-corrected chi connectivity index (χ3v) is 4.80. The van der Waals surface area contributed by atoms with Gasteiger partial charge in [0.15, 0.2) is 0 Å². The zero-order valence-corrected chi connectivity index (χ0v) is 13.8. The van der Waals surface area contributed by atoms with Crippen LogP contribution >= 0.6 is 0 Å². The zero-order chi connectivity index (χ0) is 17.0. The molecule has 3 nitrogen and oxygen atoms in total. The molecule has 130 valence electrons. The molecule has 1 aromatic carbocycles. The summed E-state index contributed by atoms with van der Waals surface area (Å²) in [5.41, 5.74) is 6.19. The minimum absolute atomic E-state index is 0.0228. The van der Waals surface area contributed by atoms with Gasteiger partial charge in [-0.1, -0.05) is 26.0 Å². The van der Waals surface area contributed by atoms with Crippen LogP contribution in [0.5, 0.6) is 0 Å². The van der Waals surface area contributed by atoms with Crippen LogP contribution in [0, 0.1) is 0 Å². The van der Waals surface area contributed by atoms with Crippen molar-refractivity contribution >= 4 is 0 Å². The first kappa shape index (κ1) is 18.2. The highest BCUT2D eigenvalue weighted by molar-refractivity contribution is 5.27. The molecule has 1 aliphatic heterocycles. The molecule has 1 heterocycles. The van der Waals surface area contributed by atoms with E-state index < -0.39 is 11.7 Å². The Morgan fingerprint density at radius 1 is 1.17 bits per heavy atom. The Balaban J connectivity index is 2.13. The topological polar surface area (TPSA) is 32.5 Å². The highest BCUT2D eigenvalue weighted by Crippen LogP contribution is 2.31. The van der Waals surface area contributed by atoms with E-state index in [0.717, 1.165) is 50.3 Å². The predicted octanol–water partition coefficient (Wildman–Crippen LogP) is 3.12. The van der Waals surface area contributed by atoms with Crippen LogP contribution in [0.4, 0.5) is 13.2 Å². The van der Waals surface area contributed by atoms with Gasteiger partial charge in [-0.15, -0.1) is 0 Å². The van der Waals surface area contributed by atoms with Crippen LogP contribution in [0.2, 0.25) is 0 Å². The zero-order valence-electron chi connectivity index (χ0n) is 13.8. The van der Waals surface area contributed by atoms with Crippen molar-refractivity contribution in [3.8, 4) is 0 Å². The van der Waals surface area contributed by atoms with Crippen molar-refractivity contribution in [3.63, 3.8) is 0 Å². The third kappa shape index (κ3) is 4.25. The second-order valence-corrected chi connectivity index (χ2v) is 6.06. The van der Waals surface area contributed by atoms with E-state index in [1.165, 1.54) is 0 Å². The minimum atomic E-state index is -4.29. The number of nitrogens with two attached hydrogens (primary N) is 1. The van der Waals surface area contributed by atoms with Crippen LogP contribution < -0.4 is 5.73 Å². The number of likely N-dealkylation sites (N-methyl/N-ethyl adjacent to an activating group) is 1. The molecular weight excluding hydrogens is 303 g/mol. The quantitative estimate of drug-likeness (QED) is 0.901. The molecule has 0 aromatic heterocycles. The van der Waals surface area contributed by atoms with Crippen molar-refractivity contribution < 1.29 is 13.2 Å². The van der Waals surface area contributed by atoms with Gasteiger partial charge in [-0.05, 0) is 30.7 Å². The molecule has 23 heavy (non-hydrogen) atoms. The Morgan fingerprint density at radius 3 is 2.30 bits per heavy atom. The van der Waals surface area contributed by atoms with Gasteiger partial charge in [-0.2, -0.15) is 13.2 Å². The maximum Gasteiger partial charge on any atom is 0.416 e. The average Bonchev–Trinajstić information content (AvgIpc) is 2.55. The summed E-state index contributed by atoms with van der Waals surface area (Å²) in [4.78, 5) is 4.76. The lowest BCUT2D eigenvalue weighted by Crippen LogP contribution is -2.54. The molecule has 1 saturated heterocycles. The Bertz CT molecular complexity index is 487. The third-order valence-electron chi connectivity index (χ3n) is 4.80. The van der Waals surface area contributed by atoms with Gasteiger partial charge >= 0.3 is 6.18 Å². The minimum Gasteiger partial charge on any atom is -0.329 e.